The van der Waals surface area contributed by atoms with Crippen LogP contribution >= 0.6 is 11.6 Å². The zero-order chi connectivity index (χ0) is 14.8. The van der Waals surface area contributed by atoms with Crippen molar-refractivity contribution in [1.29, 1.82) is 0 Å². The van der Waals surface area contributed by atoms with E-state index >= 15 is 0 Å². The summed E-state index contributed by atoms with van der Waals surface area (Å²) in [5, 5.41) is -2.00. The van der Waals surface area contributed by atoms with E-state index in [1.54, 1.807) is 12.1 Å². The minimum absolute atomic E-state index is 0.0385. The van der Waals surface area contributed by atoms with E-state index in [9.17, 15) is 17.6 Å². The first-order valence-electron chi connectivity index (χ1n) is 6.83. The number of rotatable bonds is 4. The molecule has 1 saturated carbocycles. The molecule has 0 nitrogen and oxygen atoms in total. The summed E-state index contributed by atoms with van der Waals surface area (Å²) in [5.74, 6) is -3.77. The van der Waals surface area contributed by atoms with Crippen LogP contribution in [0.4, 0.5) is 17.6 Å². The molecule has 0 heterocycles. The van der Waals surface area contributed by atoms with Crippen LogP contribution in [0.15, 0.2) is 24.3 Å². The van der Waals surface area contributed by atoms with Gasteiger partial charge in [0.2, 0.25) is 0 Å². The SMILES string of the molecule is FC(F)C(F)(F)C(Cl)c1ccc(C2CCCCC2)cc1. The van der Waals surface area contributed by atoms with Crippen LogP contribution in [0.3, 0.4) is 0 Å². The van der Waals surface area contributed by atoms with Gasteiger partial charge in [0.15, 0.2) is 0 Å². The molecule has 0 N–H and O–H groups in total. The van der Waals surface area contributed by atoms with Crippen LogP contribution in [0.5, 0.6) is 0 Å². The maximum Gasteiger partial charge on any atom is 0.327 e. The Morgan fingerprint density at radius 2 is 1.55 bits per heavy atom. The van der Waals surface area contributed by atoms with Gasteiger partial charge in [0.05, 0.1) is 0 Å². The van der Waals surface area contributed by atoms with Gasteiger partial charge in [-0.2, -0.15) is 8.78 Å². The Labute approximate surface area is 121 Å². The molecule has 1 aromatic rings. The normalized spacial score (nSPS) is 19.3. The summed E-state index contributed by atoms with van der Waals surface area (Å²) < 4.78 is 51.0. The van der Waals surface area contributed by atoms with Crippen molar-refractivity contribution in [2.75, 3.05) is 0 Å². The van der Waals surface area contributed by atoms with E-state index in [0.29, 0.717) is 5.92 Å². The predicted molar refractivity (Wildman–Crippen MR) is 71.8 cm³/mol. The summed E-state index contributed by atoms with van der Waals surface area (Å²) in [4.78, 5) is 0. The number of alkyl halides is 5. The lowest BCUT2D eigenvalue weighted by Gasteiger charge is -2.24. The van der Waals surface area contributed by atoms with Gasteiger partial charge in [-0.25, -0.2) is 8.78 Å². The standard InChI is InChI=1S/C15H17ClF4/c16-13(15(19,20)14(17)18)12-8-6-11(7-9-12)10-4-2-1-3-5-10/h6-10,13-14H,1-5H2. The van der Waals surface area contributed by atoms with E-state index in [4.69, 9.17) is 11.6 Å². The molecule has 112 valence electrons. The minimum Gasteiger partial charge on any atom is -0.204 e. The van der Waals surface area contributed by atoms with Crippen molar-refractivity contribution >= 4 is 11.6 Å². The predicted octanol–water partition coefficient (Wildman–Crippen LogP) is 5.91. The van der Waals surface area contributed by atoms with Crippen molar-refractivity contribution in [2.24, 2.45) is 0 Å². The van der Waals surface area contributed by atoms with Gasteiger partial charge in [0.25, 0.3) is 0 Å². The first-order chi connectivity index (χ1) is 9.43. The molecule has 2 rings (SSSR count). The molecular formula is C15H17ClF4. The average molecular weight is 309 g/mol. The highest BCUT2D eigenvalue weighted by Gasteiger charge is 2.48. The fraction of sp³-hybridized carbons (Fsp3) is 0.600. The zero-order valence-corrected chi connectivity index (χ0v) is 11.7. The average Bonchev–Trinajstić information content (AvgIpc) is 2.47. The third kappa shape index (κ3) is 3.27. The molecule has 1 atom stereocenters. The lowest BCUT2D eigenvalue weighted by molar-refractivity contribution is -0.130. The second kappa shape index (κ2) is 6.33. The Kier molecular flexibility index (Phi) is 4.95. The number of hydrogen-bond donors (Lipinski definition) is 0. The summed E-state index contributed by atoms with van der Waals surface area (Å²) in [7, 11) is 0. The van der Waals surface area contributed by atoms with Gasteiger partial charge in [-0.3, -0.25) is 0 Å². The van der Waals surface area contributed by atoms with E-state index in [1.165, 1.54) is 31.4 Å². The van der Waals surface area contributed by atoms with Gasteiger partial charge >= 0.3 is 12.3 Å². The van der Waals surface area contributed by atoms with Crippen molar-refractivity contribution in [2.45, 2.75) is 55.7 Å². The van der Waals surface area contributed by atoms with E-state index in [2.05, 4.69) is 0 Å². The van der Waals surface area contributed by atoms with Gasteiger partial charge in [-0.05, 0) is 29.9 Å². The molecule has 1 aliphatic rings. The largest absolute Gasteiger partial charge is 0.327 e. The molecule has 0 aliphatic heterocycles. The lowest BCUT2D eigenvalue weighted by Crippen LogP contribution is -2.31. The van der Waals surface area contributed by atoms with Gasteiger partial charge in [0, 0.05) is 0 Å². The highest BCUT2D eigenvalue weighted by molar-refractivity contribution is 6.21. The summed E-state index contributed by atoms with van der Waals surface area (Å²) >= 11 is 5.50. The van der Waals surface area contributed by atoms with Crippen LogP contribution in [0.2, 0.25) is 0 Å². The van der Waals surface area contributed by atoms with E-state index in [-0.39, 0.29) is 5.56 Å². The highest BCUT2D eigenvalue weighted by Crippen LogP contribution is 2.42. The van der Waals surface area contributed by atoms with Crippen molar-refractivity contribution in [1.82, 2.24) is 0 Å². The topological polar surface area (TPSA) is 0 Å². The number of hydrogen-bond acceptors (Lipinski definition) is 0. The Hall–Kier alpha value is -0.770. The molecule has 0 radical (unpaired) electrons. The smallest absolute Gasteiger partial charge is 0.204 e. The molecule has 20 heavy (non-hydrogen) atoms. The van der Waals surface area contributed by atoms with Gasteiger partial charge in [0.1, 0.15) is 5.38 Å². The zero-order valence-electron chi connectivity index (χ0n) is 11.0. The summed E-state index contributed by atoms with van der Waals surface area (Å²) in [6, 6.07) is 6.36. The summed E-state index contributed by atoms with van der Waals surface area (Å²) in [5.41, 5.74) is 1.12. The third-order valence-electron chi connectivity index (χ3n) is 3.93. The molecule has 0 aromatic heterocycles. The van der Waals surface area contributed by atoms with Gasteiger partial charge < -0.3 is 0 Å². The van der Waals surface area contributed by atoms with Crippen LogP contribution in [-0.2, 0) is 0 Å². The molecule has 0 amide bonds. The van der Waals surface area contributed by atoms with Crippen LogP contribution in [0.25, 0.3) is 0 Å². The third-order valence-corrected chi connectivity index (χ3v) is 4.48. The summed E-state index contributed by atoms with van der Waals surface area (Å²) in [6.07, 6.45) is 2.01. The van der Waals surface area contributed by atoms with E-state index < -0.39 is 17.7 Å². The number of benzene rings is 1. The highest BCUT2D eigenvalue weighted by atomic mass is 35.5. The van der Waals surface area contributed by atoms with Crippen molar-refractivity contribution in [3.63, 3.8) is 0 Å². The minimum atomic E-state index is -4.21. The molecule has 1 fully saturated rings. The van der Waals surface area contributed by atoms with Crippen LogP contribution in [0, 0.1) is 0 Å². The second-order valence-electron chi connectivity index (χ2n) is 5.34. The molecular weight excluding hydrogens is 292 g/mol. The fourth-order valence-electron chi connectivity index (χ4n) is 2.71. The van der Waals surface area contributed by atoms with Crippen LogP contribution < -0.4 is 0 Å². The first kappa shape index (κ1) is 15.6. The Balaban J connectivity index is 2.11. The maximum absolute atomic E-state index is 13.2. The van der Waals surface area contributed by atoms with Gasteiger partial charge in [-0.15, -0.1) is 11.6 Å². The van der Waals surface area contributed by atoms with Crippen LogP contribution in [-0.4, -0.2) is 12.3 Å². The van der Waals surface area contributed by atoms with Crippen molar-refractivity contribution < 1.29 is 17.6 Å². The monoisotopic (exact) mass is 308 g/mol. The molecule has 0 saturated heterocycles. The quantitative estimate of drug-likeness (QED) is 0.479. The summed E-state index contributed by atoms with van der Waals surface area (Å²) in [6.45, 7) is 0. The Morgan fingerprint density at radius 3 is 2.05 bits per heavy atom. The molecule has 1 unspecified atom stereocenters. The maximum atomic E-state index is 13.2. The van der Waals surface area contributed by atoms with Crippen molar-refractivity contribution in [3.8, 4) is 0 Å². The molecule has 0 bridgehead atoms. The Morgan fingerprint density at radius 1 is 1.00 bits per heavy atom. The van der Waals surface area contributed by atoms with Crippen LogP contribution in [0.1, 0.15) is 54.5 Å². The Bertz CT molecular complexity index is 424. The fourth-order valence-corrected chi connectivity index (χ4v) is 2.95. The molecule has 1 aromatic carbocycles. The lowest BCUT2D eigenvalue weighted by atomic mass is 9.84. The number of halogens is 5. The second-order valence-corrected chi connectivity index (χ2v) is 5.78. The molecule has 1 aliphatic carbocycles. The van der Waals surface area contributed by atoms with E-state index in [0.717, 1.165) is 18.4 Å². The van der Waals surface area contributed by atoms with Crippen molar-refractivity contribution in [3.05, 3.63) is 35.4 Å². The molecule has 0 spiro atoms. The first-order valence-corrected chi connectivity index (χ1v) is 7.26. The molecule has 5 heteroatoms. The van der Waals surface area contributed by atoms with E-state index in [1.807, 2.05) is 0 Å². The van der Waals surface area contributed by atoms with Gasteiger partial charge in [-0.1, -0.05) is 43.5 Å².